The minimum absolute atomic E-state index is 0.510. The average molecular weight is 322 g/mol. The van der Waals surface area contributed by atoms with Gasteiger partial charge in [0, 0.05) is 48.9 Å². The molecule has 0 bridgehead atoms. The molecule has 0 spiro atoms. The molecular formula is C16H23N3S2. The van der Waals surface area contributed by atoms with Crippen molar-refractivity contribution in [2.75, 3.05) is 43.9 Å². The Hall–Kier alpha value is -0.780. The molecule has 3 rings (SSSR count). The van der Waals surface area contributed by atoms with Crippen molar-refractivity contribution in [3.63, 3.8) is 0 Å². The highest BCUT2D eigenvalue weighted by Crippen LogP contribution is 2.32. The Balaban J connectivity index is 1.73. The van der Waals surface area contributed by atoms with Crippen LogP contribution >= 0.6 is 24.0 Å². The van der Waals surface area contributed by atoms with Gasteiger partial charge in [-0.3, -0.25) is 4.90 Å². The van der Waals surface area contributed by atoms with Crippen LogP contribution in [-0.4, -0.2) is 48.9 Å². The number of thiocarbonyl (C=S) groups is 1. The van der Waals surface area contributed by atoms with Gasteiger partial charge in [-0.05, 0) is 37.1 Å². The number of rotatable bonds is 5. The number of hydrogen-bond donors (Lipinski definition) is 1. The SMILES string of the molecule is CSc1cccc(N2CCN(CC3CC3)CC2)c1C(N)=S. The van der Waals surface area contributed by atoms with Crippen LogP contribution in [0.25, 0.3) is 0 Å². The maximum Gasteiger partial charge on any atom is 0.107 e. The number of thioether (sulfide) groups is 1. The van der Waals surface area contributed by atoms with Crippen molar-refractivity contribution in [2.24, 2.45) is 11.7 Å². The highest BCUT2D eigenvalue weighted by molar-refractivity contribution is 7.98. The summed E-state index contributed by atoms with van der Waals surface area (Å²) in [7, 11) is 0. The molecule has 5 heteroatoms. The van der Waals surface area contributed by atoms with Gasteiger partial charge in [0.1, 0.15) is 4.99 Å². The number of benzene rings is 1. The first-order valence-electron chi connectivity index (χ1n) is 7.63. The third-order valence-corrected chi connectivity index (χ3v) is 5.38. The lowest BCUT2D eigenvalue weighted by Gasteiger charge is -2.37. The van der Waals surface area contributed by atoms with Gasteiger partial charge >= 0.3 is 0 Å². The molecule has 1 saturated heterocycles. The van der Waals surface area contributed by atoms with Crippen LogP contribution in [0.15, 0.2) is 23.1 Å². The molecular weight excluding hydrogens is 298 g/mol. The molecule has 21 heavy (non-hydrogen) atoms. The molecule has 0 amide bonds. The second kappa shape index (κ2) is 6.55. The molecule has 1 aliphatic carbocycles. The highest BCUT2D eigenvalue weighted by atomic mass is 32.2. The zero-order valence-electron chi connectivity index (χ0n) is 12.5. The van der Waals surface area contributed by atoms with Crippen LogP contribution in [0.3, 0.4) is 0 Å². The van der Waals surface area contributed by atoms with E-state index in [9.17, 15) is 0 Å². The minimum atomic E-state index is 0.510. The number of hydrogen-bond acceptors (Lipinski definition) is 4. The van der Waals surface area contributed by atoms with Crippen molar-refractivity contribution >= 4 is 34.7 Å². The average Bonchev–Trinajstić information content (AvgIpc) is 3.31. The molecule has 2 aliphatic rings. The fourth-order valence-corrected chi connectivity index (χ4v) is 3.95. The summed E-state index contributed by atoms with van der Waals surface area (Å²) in [5.74, 6) is 0.976. The smallest absolute Gasteiger partial charge is 0.107 e. The Morgan fingerprint density at radius 2 is 2.00 bits per heavy atom. The lowest BCUT2D eigenvalue weighted by molar-refractivity contribution is 0.248. The van der Waals surface area contributed by atoms with E-state index in [-0.39, 0.29) is 0 Å². The molecule has 1 aromatic carbocycles. The van der Waals surface area contributed by atoms with E-state index in [1.54, 1.807) is 11.8 Å². The maximum atomic E-state index is 5.98. The van der Waals surface area contributed by atoms with Gasteiger partial charge in [0.2, 0.25) is 0 Å². The molecule has 1 aromatic rings. The molecule has 1 saturated carbocycles. The van der Waals surface area contributed by atoms with E-state index in [2.05, 4.69) is 34.3 Å². The van der Waals surface area contributed by atoms with E-state index >= 15 is 0 Å². The van der Waals surface area contributed by atoms with Gasteiger partial charge in [0.15, 0.2) is 0 Å². The number of nitrogens with two attached hydrogens (primary N) is 1. The zero-order chi connectivity index (χ0) is 14.8. The fraction of sp³-hybridized carbons (Fsp3) is 0.562. The predicted molar refractivity (Wildman–Crippen MR) is 95.5 cm³/mol. The molecule has 2 fully saturated rings. The molecule has 2 N–H and O–H groups in total. The highest BCUT2D eigenvalue weighted by Gasteiger charge is 2.27. The lowest BCUT2D eigenvalue weighted by Crippen LogP contribution is -2.47. The van der Waals surface area contributed by atoms with Crippen LogP contribution < -0.4 is 10.6 Å². The first-order valence-corrected chi connectivity index (χ1v) is 9.26. The van der Waals surface area contributed by atoms with Gasteiger partial charge in [0.05, 0.1) is 0 Å². The Bertz CT molecular complexity index is 520. The number of piperazine rings is 1. The minimum Gasteiger partial charge on any atom is -0.389 e. The lowest BCUT2D eigenvalue weighted by atomic mass is 10.1. The Morgan fingerprint density at radius 1 is 1.29 bits per heavy atom. The van der Waals surface area contributed by atoms with Crippen LogP contribution in [0.2, 0.25) is 0 Å². The Labute approximate surface area is 136 Å². The summed E-state index contributed by atoms with van der Waals surface area (Å²) in [4.78, 5) is 6.74. The normalized spacial score (nSPS) is 19.8. The van der Waals surface area contributed by atoms with Crippen molar-refractivity contribution < 1.29 is 0 Å². The van der Waals surface area contributed by atoms with E-state index in [1.165, 1.54) is 30.0 Å². The van der Waals surface area contributed by atoms with E-state index in [1.807, 2.05) is 0 Å². The van der Waals surface area contributed by atoms with Gasteiger partial charge in [-0.15, -0.1) is 11.8 Å². The summed E-state index contributed by atoms with van der Waals surface area (Å²) in [6, 6.07) is 6.37. The summed E-state index contributed by atoms with van der Waals surface area (Å²) in [5, 5.41) is 0. The van der Waals surface area contributed by atoms with Crippen molar-refractivity contribution in [3.05, 3.63) is 23.8 Å². The summed E-state index contributed by atoms with van der Waals surface area (Å²) in [5.41, 5.74) is 8.24. The largest absolute Gasteiger partial charge is 0.389 e. The first-order chi connectivity index (χ1) is 10.2. The van der Waals surface area contributed by atoms with Crippen LogP contribution in [0.5, 0.6) is 0 Å². The van der Waals surface area contributed by atoms with Gasteiger partial charge in [-0.2, -0.15) is 0 Å². The number of nitrogens with zero attached hydrogens (tertiary/aromatic N) is 2. The predicted octanol–water partition coefficient (Wildman–Crippen LogP) is 2.57. The fourth-order valence-electron chi connectivity index (χ4n) is 3.04. The third-order valence-electron chi connectivity index (χ3n) is 4.40. The van der Waals surface area contributed by atoms with Gasteiger partial charge in [0.25, 0.3) is 0 Å². The molecule has 0 atom stereocenters. The zero-order valence-corrected chi connectivity index (χ0v) is 14.2. The van der Waals surface area contributed by atoms with Gasteiger partial charge in [-0.1, -0.05) is 18.3 Å². The monoisotopic (exact) mass is 321 g/mol. The van der Waals surface area contributed by atoms with Crippen molar-refractivity contribution in [3.8, 4) is 0 Å². The van der Waals surface area contributed by atoms with Crippen molar-refractivity contribution in [1.82, 2.24) is 4.90 Å². The van der Waals surface area contributed by atoms with E-state index < -0.39 is 0 Å². The second-order valence-electron chi connectivity index (χ2n) is 5.95. The van der Waals surface area contributed by atoms with Gasteiger partial charge in [-0.25, -0.2) is 0 Å². The van der Waals surface area contributed by atoms with Crippen molar-refractivity contribution in [1.29, 1.82) is 0 Å². The number of anilines is 1. The summed E-state index contributed by atoms with van der Waals surface area (Å²) in [6.07, 6.45) is 4.94. The molecule has 0 aromatic heterocycles. The van der Waals surface area contributed by atoms with Crippen LogP contribution in [0.4, 0.5) is 5.69 Å². The Kier molecular flexibility index (Phi) is 4.72. The molecule has 114 valence electrons. The maximum absolute atomic E-state index is 5.98. The summed E-state index contributed by atoms with van der Waals surface area (Å²) < 4.78 is 0. The molecule has 0 unspecified atom stereocenters. The summed E-state index contributed by atoms with van der Waals surface area (Å²) >= 11 is 7.00. The summed E-state index contributed by atoms with van der Waals surface area (Å²) in [6.45, 7) is 5.73. The quantitative estimate of drug-likeness (QED) is 0.666. The van der Waals surface area contributed by atoms with Crippen LogP contribution in [-0.2, 0) is 0 Å². The third kappa shape index (κ3) is 3.52. The molecule has 0 radical (unpaired) electrons. The van der Waals surface area contributed by atoms with E-state index in [0.717, 1.165) is 37.7 Å². The molecule has 1 heterocycles. The first kappa shape index (κ1) is 15.1. The second-order valence-corrected chi connectivity index (χ2v) is 7.24. The van der Waals surface area contributed by atoms with Crippen LogP contribution in [0, 0.1) is 5.92 Å². The van der Waals surface area contributed by atoms with Crippen molar-refractivity contribution in [2.45, 2.75) is 17.7 Å². The van der Waals surface area contributed by atoms with Crippen LogP contribution in [0.1, 0.15) is 18.4 Å². The topological polar surface area (TPSA) is 32.5 Å². The Morgan fingerprint density at radius 3 is 2.57 bits per heavy atom. The molecule has 1 aliphatic heterocycles. The van der Waals surface area contributed by atoms with Gasteiger partial charge < -0.3 is 10.6 Å². The van der Waals surface area contributed by atoms with E-state index in [0.29, 0.717) is 4.99 Å². The van der Waals surface area contributed by atoms with E-state index in [4.69, 9.17) is 18.0 Å². The molecule has 3 nitrogen and oxygen atoms in total. The standard InChI is InChI=1S/C16H23N3S2/c1-21-14-4-2-3-13(15(14)16(17)20)19-9-7-18(8-10-19)11-12-5-6-12/h2-4,12H,5-11H2,1H3,(H2,17,20).